The number of hydrogen-bond donors (Lipinski definition) is 2. The Labute approximate surface area is 81.4 Å². The predicted molar refractivity (Wildman–Crippen MR) is 45.3 cm³/mol. The van der Waals surface area contributed by atoms with Gasteiger partial charge in [0.05, 0.1) is 13.2 Å². The fraction of sp³-hybridized carbons (Fsp3) is 0.750. The maximum absolute atomic E-state index is 10.8. The maximum atomic E-state index is 10.8. The monoisotopic (exact) mass is 206 g/mol. The van der Waals surface area contributed by atoms with Crippen molar-refractivity contribution in [2.24, 2.45) is 0 Å². The van der Waals surface area contributed by atoms with Gasteiger partial charge in [-0.1, -0.05) is 0 Å². The predicted octanol–water partition coefficient (Wildman–Crippen LogP) is -1.16. The van der Waals surface area contributed by atoms with E-state index in [2.05, 4.69) is 9.47 Å². The normalized spacial score (nSPS) is 11.9. The van der Waals surface area contributed by atoms with Gasteiger partial charge in [0.2, 0.25) is 0 Å². The fourth-order valence-electron chi connectivity index (χ4n) is 0.623. The lowest BCUT2D eigenvalue weighted by molar-refractivity contribution is -0.156. The first-order valence-corrected chi connectivity index (χ1v) is 4.20. The van der Waals surface area contributed by atoms with Crippen molar-refractivity contribution in [1.29, 1.82) is 0 Å². The third-order valence-electron chi connectivity index (χ3n) is 1.24. The van der Waals surface area contributed by atoms with Crippen molar-refractivity contribution in [1.82, 2.24) is 0 Å². The van der Waals surface area contributed by atoms with E-state index in [1.54, 1.807) is 6.92 Å². The molecule has 2 N–H and O–H groups in total. The van der Waals surface area contributed by atoms with Crippen LogP contribution >= 0.6 is 0 Å². The highest BCUT2D eigenvalue weighted by atomic mass is 16.6. The second-order valence-electron chi connectivity index (χ2n) is 2.50. The molecule has 1 unspecified atom stereocenters. The highest BCUT2D eigenvalue weighted by Crippen LogP contribution is 1.92. The van der Waals surface area contributed by atoms with Gasteiger partial charge in [-0.3, -0.25) is 9.59 Å². The first-order chi connectivity index (χ1) is 6.60. The van der Waals surface area contributed by atoms with Gasteiger partial charge in [0.15, 0.2) is 0 Å². The lowest BCUT2D eigenvalue weighted by Crippen LogP contribution is -2.23. The zero-order valence-electron chi connectivity index (χ0n) is 7.93. The molecule has 0 aromatic carbocycles. The SMILES string of the molecule is CCOC(=O)CC(=O)OCC(O)CO. The van der Waals surface area contributed by atoms with Gasteiger partial charge in [-0.2, -0.15) is 0 Å². The molecule has 0 aliphatic rings. The van der Waals surface area contributed by atoms with E-state index in [4.69, 9.17) is 10.2 Å². The van der Waals surface area contributed by atoms with Crippen LogP contribution in [-0.2, 0) is 19.1 Å². The summed E-state index contributed by atoms with van der Waals surface area (Å²) < 4.78 is 8.96. The summed E-state index contributed by atoms with van der Waals surface area (Å²) in [6.45, 7) is 1.01. The molecule has 0 aromatic rings. The summed E-state index contributed by atoms with van der Waals surface area (Å²) in [6.07, 6.45) is -1.59. The molecule has 0 fully saturated rings. The van der Waals surface area contributed by atoms with Gasteiger partial charge in [0.25, 0.3) is 0 Å². The zero-order chi connectivity index (χ0) is 11.0. The molecule has 0 aromatic heterocycles. The number of esters is 2. The summed E-state index contributed by atoms with van der Waals surface area (Å²) in [6, 6.07) is 0. The molecule has 14 heavy (non-hydrogen) atoms. The van der Waals surface area contributed by atoms with E-state index in [9.17, 15) is 9.59 Å². The number of rotatable bonds is 6. The van der Waals surface area contributed by atoms with Gasteiger partial charge in [-0.25, -0.2) is 0 Å². The summed E-state index contributed by atoms with van der Waals surface area (Å²) in [5, 5.41) is 17.2. The van der Waals surface area contributed by atoms with E-state index >= 15 is 0 Å². The molecule has 0 saturated heterocycles. The number of aliphatic hydroxyl groups excluding tert-OH is 2. The Kier molecular flexibility index (Phi) is 6.69. The zero-order valence-corrected chi connectivity index (χ0v) is 7.93. The van der Waals surface area contributed by atoms with Crippen LogP contribution < -0.4 is 0 Å². The second kappa shape index (κ2) is 7.28. The number of ether oxygens (including phenoxy) is 2. The fourth-order valence-corrected chi connectivity index (χ4v) is 0.623. The molecule has 0 radical (unpaired) electrons. The number of carbonyl (C=O) groups excluding carboxylic acids is 2. The average Bonchev–Trinajstić information content (AvgIpc) is 2.14. The van der Waals surface area contributed by atoms with Crippen molar-refractivity contribution in [3.8, 4) is 0 Å². The van der Waals surface area contributed by atoms with Crippen LogP contribution in [0.3, 0.4) is 0 Å². The van der Waals surface area contributed by atoms with Crippen LogP contribution in [0, 0.1) is 0 Å². The summed E-state index contributed by atoms with van der Waals surface area (Å²) in [4.78, 5) is 21.6. The van der Waals surface area contributed by atoms with Gasteiger partial charge in [-0.15, -0.1) is 0 Å². The standard InChI is InChI=1S/C8H14O6/c1-2-13-7(11)3-8(12)14-5-6(10)4-9/h6,9-10H,2-5H2,1H3. The smallest absolute Gasteiger partial charge is 0.317 e. The summed E-state index contributed by atoms with van der Waals surface area (Å²) in [7, 11) is 0. The highest BCUT2D eigenvalue weighted by Gasteiger charge is 2.13. The molecule has 0 bridgehead atoms. The van der Waals surface area contributed by atoms with Crippen molar-refractivity contribution in [3.05, 3.63) is 0 Å². The molecule has 0 rings (SSSR count). The van der Waals surface area contributed by atoms with Crippen molar-refractivity contribution in [3.63, 3.8) is 0 Å². The van der Waals surface area contributed by atoms with E-state index in [0.717, 1.165) is 0 Å². The summed E-state index contributed by atoms with van der Waals surface area (Å²) >= 11 is 0. The van der Waals surface area contributed by atoms with Crippen LogP contribution in [0.25, 0.3) is 0 Å². The topological polar surface area (TPSA) is 93.1 Å². The third-order valence-corrected chi connectivity index (χ3v) is 1.24. The van der Waals surface area contributed by atoms with Crippen molar-refractivity contribution in [2.75, 3.05) is 19.8 Å². The van der Waals surface area contributed by atoms with Crippen molar-refractivity contribution >= 4 is 11.9 Å². The second-order valence-corrected chi connectivity index (χ2v) is 2.50. The van der Waals surface area contributed by atoms with Crippen molar-refractivity contribution < 1.29 is 29.3 Å². The molecule has 0 aliphatic heterocycles. The lowest BCUT2D eigenvalue weighted by atomic mass is 10.4. The average molecular weight is 206 g/mol. The molecule has 0 heterocycles. The number of carbonyl (C=O) groups is 2. The van der Waals surface area contributed by atoms with Gasteiger partial charge >= 0.3 is 11.9 Å². The number of aliphatic hydroxyl groups is 2. The van der Waals surface area contributed by atoms with E-state index < -0.39 is 31.1 Å². The van der Waals surface area contributed by atoms with Gasteiger partial charge in [0, 0.05) is 0 Å². The Morgan fingerprint density at radius 1 is 1.29 bits per heavy atom. The molecule has 6 heteroatoms. The Hall–Kier alpha value is -1.14. The molecule has 1 atom stereocenters. The largest absolute Gasteiger partial charge is 0.466 e. The first-order valence-electron chi connectivity index (χ1n) is 4.20. The molecular weight excluding hydrogens is 192 g/mol. The molecule has 82 valence electrons. The quantitative estimate of drug-likeness (QED) is 0.420. The Bertz CT molecular complexity index is 190. The third kappa shape index (κ3) is 6.38. The molecule has 0 saturated carbocycles. The number of hydrogen-bond acceptors (Lipinski definition) is 6. The molecule has 0 amide bonds. The Morgan fingerprint density at radius 3 is 2.36 bits per heavy atom. The van der Waals surface area contributed by atoms with E-state index in [-0.39, 0.29) is 13.2 Å². The van der Waals surface area contributed by atoms with Gasteiger partial charge in [0.1, 0.15) is 19.1 Å². The van der Waals surface area contributed by atoms with Crippen LogP contribution in [-0.4, -0.2) is 48.1 Å². The minimum absolute atomic E-state index is 0.200. The lowest BCUT2D eigenvalue weighted by Gasteiger charge is -2.07. The van der Waals surface area contributed by atoms with E-state index in [1.807, 2.05) is 0 Å². The van der Waals surface area contributed by atoms with Gasteiger partial charge < -0.3 is 19.7 Å². The Balaban J connectivity index is 3.60. The molecule has 0 spiro atoms. The molecule has 0 aliphatic carbocycles. The van der Waals surface area contributed by atoms with E-state index in [0.29, 0.717) is 0 Å². The van der Waals surface area contributed by atoms with Crippen molar-refractivity contribution in [2.45, 2.75) is 19.4 Å². The van der Waals surface area contributed by atoms with E-state index in [1.165, 1.54) is 0 Å². The molecule has 6 nitrogen and oxygen atoms in total. The Morgan fingerprint density at radius 2 is 1.86 bits per heavy atom. The first kappa shape index (κ1) is 12.9. The van der Waals surface area contributed by atoms with Crippen LogP contribution in [0.4, 0.5) is 0 Å². The van der Waals surface area contributed by atoms with Crippen LogP contribution in [0.2, 0.25) is 0 Å². The van der Waals surface area contributed by atoms with Gasteiger partial charge in [-0.05, 0) is 6.92 Å². The van der Waals surface area contributed by atoms with Crippen LogP contribution in [0.15, 0.2) is 0 Å². The minimum Gasteiger partial charge on any atom is -0.466 e. The minimum atomic E-state index is -1.11. The maximum Gasteiger partial charge on any atom is 0.317 e. The molecular formula is C8H14O6. The highest BCUT2D eigenvalue weighted by molar-refractivity contribution is 5.91. The van der Waals surface area contributed by atoms with Crippen LogP contribution in [0.5, 0.6) is 0 Å². The van der Waals surface area contributed by atoms with Crippen LogP contribution in [0.1, 0.15) is 13.3 Å². The summed E-state index contributed by atoms with van der Waals surface area (Å²) in [5.74, 6) is -1.45. The summed E-state index contributed by atoms with van der Waals surface area (Å²) in [5.41, 5.74) is 0.